The van der Waals surface area contributed by atoms with Gasteiger partial charge in [0.15, 0.2) is 0 Å². The molecule has 5 rings (SSSR count). The predicted octanol–water partition coefficient (Wildman–Crippen LogP) is 2.06. The van der Waals surface area contributed by atoms with E-state index in [-0.39, 0.29) is 17.8 Å². The number of ether oxygens (including phenoxy) is 1. The zero-order valence-electron chi connectivity index (χ0n) is 13.7. The van der Waals surface area contributed by atoms with Crippen LogP contribution in [-0.4, -0.2) is 33.4 Å². The quantitative estimate of drug-likeness (QED) is 0.568. The summed E-state index contributed by atoms with van der Waals surface area (Å²) < 4.78 is 5.99. The standard InChI is InChI=1S/C19H22O5/c1-10-8-17-9-18(10,23)7-4-11(17)19-6-3-5-16(2,15(22)24-19)13(19)12(17)14(20)21/h3,5,11-13,23H,1,4,6-9H2,2H3,(H,20,21)/t11-,12-,13-,16?,17+,18+,19-/m1/s1. The van der Waals surface area contributed by atoms with Gasteiger partial charge in [-0.2, -0.15) is 0 Å². The zero-order valence-corrected chi connectivity index (χ0v) is 13.7. The van der Waals surface area contributed by atoms with Gasteiger partial charge in [-0.3, -0.25) is 9.59 Å². The molecule has 7 atom stereocenters. The number of carbonyl (C=O) groups excluding carboxylic acids is 1. The summed E-state index contributed by atoms with van der Waals surface area (Å²) in [5.41, 5.74) is -2.35. The number of carboxylic acids is 1. The average molecular weight is 330 g/mol. The van der Waals surface area contributed by atoms with E-state index in [0.29, 0.717) is 32.1 Å². The van der Waals surface area contributed by atoms with Crippen LogP contribution in [0.15, 0.2) is 24.3 Å². The Morgan fingerprint density at radius 2 is 2.21 bits per heavy atom. The molecule has 1 unspecified atom stereocenters. The Hall–Kier alpha value is -1.62. The van der Waals surface area contributed by atoms with E-state index in [1.807, 2.05) is 19.1 Å². The molecule has 0 amide bonds. The third-order valence-corrected chi connectivity index (χ3v) is 7.97. The lowest BCUT2D eigenvalue weighted by Crippen LogP contribution is -2.47. The number of fused-ring (bicyclic) bond motifs is 1. The Bertz CT molecular complexity index is 740. The highest BCUT2D eigenvalue weighted by Gasteiger charge is 2.82. The van der Waals surface area contributed by atoms with E-state index >= 15 is 0 Å². The topological polar surface area (TPSA) is 83.8 Å². The molecular formula is C19H22O5. The first kappa shape index (κ1) is 14.7. The van der Waals surface area contributed by atoms with Crippen LogP contribution in [0.4, 0.5) is 0 Å². The SMILES string of the molecule is C=C1C[C@]23C[C@@]1(O)CC[C@H]2[C@@]12CC=CC(C)(C(=O)O1)[C@H]2[C@@H]3C(=O)O. The van der Waals surface area contributed by atoms with Crippen molar-refractivity contribution in [2.45, 2.75) is 50.2 Å². The third-order valence-electron chi connectivity index (χ3n) is 7.97. The van der Waals surface area contributed by atoms with Crippen molar-refractivity contribution < 1.29 is 24.5 Å². The Morgan fingerprint density at radius 1 is 1.46 bits per heavy atom. The van der Waals surface area contributed by atoms with E-state index in [0.717, 1.165) is 5.57 Å². The number of esters is 1. The van der Waals surface area contributed by atoms with Crippen LogP contribution in [-0.2, 0) is 14.3 Å². The van der Waals surface area contributed by atoms with Crippen molar-refractivity contribution in [1.82, 2.24) is 0 Å². The maximum atomic E-state index is 12.6. The Balaban J connectivity index is 1.77. The van der Waals surface area contributed by atoms with Gasteiger partial charge >= 0.3 is 11.9 Å². The van der Waals surface area contributed by atoms with E-state index in [2.05, 4.69) is 6.58 Å². The summed E-state index contributed by atoms with van der Waals surface area (Å²) in [4.78, 5) is 25.0. The van der Waals surface area contributed by atoms with Crippen LogP contribution in [0.25, 0.3) is 0 Å². The molecule has 1 saturated heterocycles. The van der Waals surface area contributed by atoms with Gasteiger partial charge in [-0.25, -0.2) is 0 Å². The molecule has 4 aliphatic carbocycles. The lowest BCUT2D eigenvalue weighted by molar-refractivity contribution is -0.162. The number of hydrogen-bond donors (Lipinski definition) is 2. The molecule has 4 fully saturated rings. The van der Waals surface area contributed by atoms with Gasteiger partial charge in [0.05, 0.1) is 16.9 Å². The minimum Gasteiger partial charge on any atom is -0.481 e. The molecule has 24 heavy (non-hydrogen) atoms. The van der Waals surface area contributed by atoms with Crippen molar-refractivity contribution in [3.63, 3.8) is 0 Å². The molecule has 3 saturated carbocycles. The number of hydrogen-bond acceptors (Lipinski definition) is 4. The Kier molecular flexibility index (Phi) is 2.32. The average Bonchev–Trinajstić information content (AvgIpc) is 2.88. The Labute approximate surface area is 140 Å². The molecule has 0 aromatic rings. The lowest BCUT2D eigenvalue weighted by atomic mass is 9.62. The van der Waals surface area contributed by atoms with E-state index in [9.17, 15) is 19.8 Å². The van der Waals surface area contributed by atoms with Gasteiger partial charge < -0.3 is 14.9 Å². The van der Waals surface area contributed by atoms with E-state index in [1.54, 1.807) is 0 Å². The van der Waals surface area contributed by atoms with E-state index in [4.69, 9.17) is 4.74 Å². The van der Waals surface area contributed by atoms with Gasteiger partial charge in [-0.1, -0.05) is 18.7 Å². The largest absolute Gasteiger partial charge is 0.481 e. The molecule has 5 aliphatic rings. The van der Waals surface area contributed by atoms with Crippen LogP contribution in [0.1, 0.15) is 39.0 Å². The normalized spacial score (nSPS) is 56.8. The summed E-state index contributed by atoms with van der Waals surface area (Å²) in [5, 5.41) is 21.1. The minimum absolute atomic E-state index is 0.0219. The van der Waals surface area contributed by atoms with Gasteiger partial charge in [0.2, 0.25) is 0 Å². The molecule has 1 spiro atoms. The molecule has 1 aliphatic heterocycles. The number of aliphatic hydroxyl groups is 1. The van der Waals surface area contributed by atoms with Crippen molar-refractivity contribution in [2.75, 3.05) is 0 Å². The fourth-order valence-electron chi connectivity index (χ4n) is 7.23. The second kappa shape index (κ2) is 3.79. The van der Waals surface area contributed by atoms with Crippen LogP contribution >= 0.6 is 0 Å². The van der Waals surface area contributed by atoms with Gasteiger partial charge in [-0.15, -0.1) is 0 Å². The van der Waals surface area contributed by atoms with Crippen LogP contribution in [0.2, 0.25) is 0 Å². The number of carboxylic acid groups (broad SMARTS) is 1. The van der Waals surface area contributed by atoms with Crippen molar-refractivity contribution >= 4 is 11.9 Å². The van der Waals surface area contributed by atoms with Gasteiger partial charge in [0.25, 0.3) is 0 Å². The zero-order chi connectivity index (χ0) is 17.1. The molecule has 5 nitrogen and oxygen atoms in total. The molecule has 4 bridgehead atoms. The third kappa shape index (κ3) is 1.25. The van der Waals surface area contributed by atoms with Crippen LogP contribution in [0, 0.1) is 28.6 Å². The molecule has 0 aromatic heterocycles. The molecule has 0 aromatic carbocycles. The lowest BCUT2D eigenvalue weighted by Gasteiger charge is -2.45. The maximum absolute atomic E-state index is 12.6. The fraction of sp³-hybridized carbons (Fsp3) is 0.684. The highest BCUT2D eigenvalue weighted by Crippen LogP contribution is 2.77. The maximum Gasteiger partial charge on any atom is 0.316 e. The van der Waals surface area contributed by atoms with Crippen LogP contribution < -0.4 is 0 Å². The number of carbonyl (C=O) groups is 2. The second-order valence-corrected chi connectivity index (χ2v) is 8.84. The highest BCUT2D eigenvalue weighted by atomic mass is 16.6. The summed E-state index contributed by atoms with van der Waals surface area (Å²) in [6, 6.07) is 0. The van der Waals surface area contributed by atoms with Gasteiger partial charge in [0.1, 0.15) is 5.60 Å². The first-order valence-electron chi connectivity index (χ1n) is 8.74. The molecule has 5 heteroatoms. The fourth-order valence-corrected chi connectivity index (χ4v) is 7.23. The van der Waals surface area contributed by atoms with Crippen LogP contribution in [0.3, 0.4) is 0 Å². The van der Waals surface area contributed by atoms with E-state index < -0.39 is 33.9 Å². The van der Waals surface area contributed by atoms with Crippen molar-refractivity contribution in [1.29, 1.82) is 0 Å². The number of aliphatic carboxylic acids is 1. The molecule has 0 radical (unpaired) electrons. The highest BCUT2D eigenvalue weighted by molar-refractivity contribution is 5.86. The second-order valence-electron chi connectivity index (χ2n) is 8.84. The smallest absolute Gasteiger partial charge is 0.316 e. The van der Waals surface area contributed by atoms with E-state index in [1.165, 1.54) is 0 Å². The summed E-state index contributed by atoms with van der Waals surface area (Å²) in [7, 11) is 0. The van der Waals surface area contributed by atoms with Crippen LogP contribution in [0.5, 0.6) is 0 Å². The van der Waals surface area contributed by atoms with Gasteiger partial charge in [0, 0.05) is 18.3 Å². The monoisotopic (exact) mass is 330 g/mol. The summed E-state index contributed by atoms with van der Waals surface area (Å²) in [6.07, 6.45) is 6.66. The Morgan fingerprint density at radius 3 is 2.92 bits per heavy atom. The molecule has 1 heterocycles. The van der Waals surface area contributed by atoms with Crippen molar-refractivity contribution in [3.05, 3.63) is 24.3 Å². The minimum atomic E-state index is -0.952. The summed E-state index contributed by atoms with van der Waals surface area (Å²) in [6.45, 7) is 5.88. The summed E-state index contributed by atoms with van der Waals surface area (Å²) in [5.74, 6) is -2.23. The van der Waals surface area contributed by atoms with Gasteiger partial charge in [-0.05, 0) is 43.6 Å². The first-order chi connectivity index (χ1) is 11.2. The summed E-state index contributed by atoms with van der Waals surface area (Å²) >= 11 is 0. The predicted molar refractivity (Wildman–Crippen MR) is 83.8 cm³/mol. The molecule has 128 valence electrons. The number of rotatable bonds is 1. The molecule has 2 N–H and O–H groups in total. The molecular weight excluding hydrogens is 308 g/mol. The van der Waals surface area contributed by atoms with Crippen molar-refractivity contribution in [3.8, 4) is 0 Å². The van der Waals surface area contributed by atoms with Crippen molar-refractivity contribution in [2.24, 2.45) is 28.6 Å². The first-order valence-corrected chi connectivity index (χ1v) is 8.74.